The van der Waals surface area contributed by atoms with Crippen molar-refractivity contribution in [3.8, 4) is 0 Å². The van der Waals surface area contributed by atoms with Gasteiger partial charge < -0.3 is 14.6 Å². The van der Waals surface area contributed by atoms with E-state index in [-0.39, 0.29) is 25.2 Å². The Morgan fingerprint density at radius 1 is 0.280 bits per heavy atom. The van der Waals surface area contributed by atoms with Crippen molar-refractivity contribution < 1.29 is 24.2 Å². The predicted octanol–water partition coefficient (Wildman–Crippen LogP) is 23.4. The molecule has 1 atom stereocenters. The van der Waals surface area contributed by atoms with E-state index in [1.54, 1.807) is 0 Å². The maximum atomic E-state index is 12.3. The number of hydrogen-bond acceptors (Lipinski definition) is 5. The van der Waals surface area contributed by atoms with Crippen LogP contribution in [0.25, 0.3) is 0 Å². The zero-order valence-corrected chi connectivity index (χ0v) is 52.7. The monoisotopic (exact) mass is 1130 g/mol. The number of aliphatic hydroxyl groups is 1. The molecule has 0 aliphatic rings. The Kier molecular flexibility index (Phi) is 66.0. The van der Waals surface area contributed by atoms with Crippen molar-refractivity contribution in [2.75, 3.05) is 13.2 Å². The summed E-state index contributed by atoms with van der Waals surface area (Å²) >= 11 is 0. The van der Waals surface area contributed by atoms with Gasteiger partial charge in [-0.3, -0.25) is 9.59 Å². The number of ether oxygens (including phenoxy) is 2. The largest absolute Gasteiger partial charge is 0.462 e. The average Bonchev–Trinajstić information content (AvgIpc) is 3.49. The Labute approximate surface area is 505 Å². The van der Waals surface area contributed by atoms with Gasteiger partial charge in [0.1, 0.15) is 6.61 Å². The average molecular weight is 1130 g/mol. The van der Waals surface area contributed by atoms with Crippen molar-refractivity contribution in [2.24, 2.45) is 0 Å². The summed E-state index contributed by atoms with van der Waals surface area (Å²) in [6, 6.07) is 0. The molecule has 0 heterocycles. The van der Waals surface area contributed by atoms with Crippen LogP contribution in [0.15, 0.2) is 182 Å². The van der Waals surface area contributed by atoms with Crippen LogP contribution in [0.2, 0.25) is 0 Å². The van der Waals surface area contributed by atoms with E-state index in [1.807, 2.05) is 0 Å². The summed E-state index contributed by atoms with van der Waals surface area (Å²) in [7, 11) is 0. The van der Waals surface area contributed by atoms with Gasteiger partial charge in [-0.15, -0.1) is 0 Å². The molecule has 0 fully saturated rings. The molecule has 0 aliphatic heterocycles. The molecule has 460 valence electrons. The van der Waals surface area contributed by atoms with Crippen LogP contribution in [-0.2, 0) is 19.1 Å². The first-order chi connectivity index (χ1) is 40.6. The van der Waals surface area contributed by atoms with E-state index in [4.69, 9.17) is 9.47 Å². The maximum absolute atomic E-state index is 12.3. The second kappa shape index (κ2) is 70.3. The summed E-state index contributed by atoms with van der Waals surface area (Å²) in [6.07, 6.45) is 110. The molecule has 0 aromatic rings. The minimum atomic E-state index is -0.800. The number of carbonyl (C=O) groups excluding carboxylic acids is 2. The standard InChI is InChI=1S/C77H122O5/c1-3-5-7-9-11-13-15-17-19-21-23-25-27-29-31-33-34-35-36-37-38-39-40-41-42-44-45-47-49-51-53-55-57-59-61-63-65-67-69-71-76(79)81-74-75(73-78)82-77(80)72-70-68-66-64-62-60-58-56-54-52-50-48-46-43-32-30-28-26-24-22-20-18-16-14-12-10-8-6-4-2/h5-8,11-14,17-20,23-26,29-32,34-35,37-38,46,48,52,54,58,60,75,78H,3-4,9-10,15-16,21-22,27-28,33,36,39-45,47,49-51,53,55-57,59,61-74H2,1-2H3/b7-5-,8-6-,13-11-,14-12-,19-17-,20-18-,25-23-,26-24-,31-29-,32-30-,35-34-,38-37-,48-46-,54-52-,60-58-. The summed E-state index contributed by atoms with van der Waals surface area (Å²) in [5.41, 5.74) is 0. The van der Waals surface area contributed by atoms with Crippen LogP contribution >= 0.6 is 0 Å². The highest BCUT2D eigenvalue weighted by Crippen LogP contribution is 2.16. The van der Waals surface area contributed by atoms with Gasteiger partial charge in [0.2, 0.25) is 0 Å². The van der Waals surface area contributed by atoms with Gasteiger partial charge in [0.25, 0.3) is 0 Å². The molecule has 0 saturated carbocycles. The number of rotatable bonds is 59. The number of hydrogen-bond donors (Lipinski definition) is 1. The van der Waals surface area contributed by atoms with Crippen molar-refractivity contribution in [2.45, 2.75) is 277 Å². The fourth-order valence-electron chi connectivity index (χ4n) is 8.79. The van der Waals surface area contributed by atoms with Crippen molar-refractivity contribution in [1.82, 2.24) is 0 Å². The molecule has 82 heavy (non-hydrogen) atoms. The molecule has 0 spiro atoms. The van der Waals surface area contributed by atoms with Crippen molar-refractivity contribution in [3.63, 3.8) is 0 Å². The third kappa shape index (κ3) is 67.5. The molecule has 0 radical (unpaired) electrons. The Hall–Kier alpha value is -5.00. The number of esters is 2. The maximum Gasteiger partial charge on any atom is 0.306 e. The molecule has 0 aromatic heterocycles. The smallest absolute Gasteiger partial charge is 0.306 e. The van der Waals surface area contributed by atoms with Gasteiger partial charge in [-0.2, -0.15) is 0 Å². The minimum Gasteiger partial charge on any atom is -0.462 e. The summed E-state index contributed by atoms with van der Waals surface area (Å²) in [6.45, 7) is 3.89. The third-order valence-electron chi connectivity index (χ3n) is 13.7. The first kappa shape index (κ1) is 77.0. The molecule has 1 N–H and O–H groups in total. The summed E-state index contributed by atoms with van der Waals surface area (Å²) in [4.78, 5) is 24.6. The Morgan fingerprint density at radius 3 is 0.732 bits per heavy atom. The first-order valence-corrected chi connectivity index (χ1v) is 33.3. The van der Waals surface area contributed by atoms with Crippen LogP contribution in [0, 0.1) is 0 Å². The van der Waals surface area contributed by atoms with Crippen molar-refractivity contribution in [1.29, 1.82) is 0 Å². The predicted molar refractivity (Wildman–Crippen MR) is 361 cm³/mol. The normalized spacial score (nSPS) is 13.5. The lowest BCUT2D eigenvalue weighted by molar-refractivity contribution is -0.161. The van der Waals surface area contributed by atoms with Crippen LogP contribution in [0.1, 0.15) is 271 Å². The van der Waals surface area contributed by atoms with E-state index in [0.717, 1.165) is 148 Å². The topological polar surface area (TPSA) is 72.8 Å². The molecular weight excluding hydrogens is 1000 g/mol. The van der Waals surface area contributed by atoms with Gasteiger partial charge in [-0.1, -0.05) is 305 Å². The zero-order valence-electron chi connectivity index (χ0n) is 52.7. The SMILES string of the molecule is CC/C=C\C/C=C\C/C=C\C/C=C\C/C=C\C/C=C\C/C=C\C/C=C\CCCCCCC(=O)OC(CO)COC(=O)CCCCCCCCCCCCCCCCCCC/C=C\C/C=C\C/C=C\C/C=C\C/C=C\C/C=C\C/C=C\CC. The van der Waals surface area contributed by atoms with Gasteiger partial charge in [-0.05, 0) is 135 Å². The second-order valence-electron chi connectivity index (χ2n) is 21.4. The van der Waals surface area contributed by atoms with Crippen LogP contribution in [-0.4, -0.2) is 36.4 Å². The number of aliphatic hydroxyl groups excluding tert-OH is 1. The fraction of sp³-hybridized carbons (Fsp3) is 0.584. The van der Waals surface area contributed by atoms with Gasteiger partial charge in [0.15, 0.2) is 6.10 Å². The van der Waals surface area contributed by atoms with E-state index >= 15 is 0 Å². The van der Waals surface area contributed by atoms with Gasteiger partial charge in [0, 0.05) is 12.8 Å². The van der Waals surface area contributed by atoms with Crippen LogP contribution < -0.4 is 0 Å². The Morgan fingerprint density at radius 2 is 0.488 bits per heavy atom. The van der Waals surface area contributed by atoms with Crippen LogP contribution in [0.4, 0.5) is 0 Å². The van der Waals surface area contributed by atoms with E-state index in [2.05, 4.69) is 196 Å². The third-order valence-corrected chi connectivity index (χ3v) is 13.7. The molecule has 0 saturated heterocycles. The Bertz CT molecular complexity index is 1850. The first-order valence-electron chi connectivity index (χ1n) is 33.3. The lowest BCUT2D eigenvalue weighted by atomic mass is 10.0. The van der Waals surface area contributed by atoms with Gasteiger partial charge in [-0.25, -0.2) is 0 Å². The molecular formula is C77H122O5. The summed E-state index contributed by atoms with van der Waals surface area (Å²) in [5, 5.41) is 9.69. The fourth-order valence-corrected chi connectivity index (χ4v) is 8.79. The van der Waals surface area contributed by atoms with E-state index in [0.29, 0.717) is 12.8 Å². The second-order valence-corrected chi connectivity index (χ2v) is 21.4. The highest BCUT2D eigenvalue weighted by molar-refractivity contribution is 5.70. The van der Waals surface area contributed by atoms with Gasteiger partial charge in [0.05, 0.1) is 6.61 Å². The van der Waals surface area contributed by atoms with Crippen molar-refractivity contribution in [3.05, 3.63) is 182 Å². The lowest BCUT2D eigenvalue weighted by Gasteiger charge is -2.15. The number of carbonyl (C=O) groups is 2. The van der Waals surface area contributed by atoms with E-state index < -0.39 is 6.10 Å². The molecule has 5 nitrogen and oxygen atoms in total. The molecule has 0 aliphatic carbocycles. The molecule has 0 bridgehead atoms. The molecule has 5 heteroatoms. The summed E-state index contributed by atoms with van der Waals surface area (Å²) in [5.74, 6) is -0.626. The summed E-state index contributed by atoms with van der Waals surface area (Å²) < 4.78 is 10.7. The molecule has 0 amide bonds. The quantitative estimate of drug-likeness (QED) is 0.0373. The van der Waals surface area contributed by atoms with Crippen molar-refractivity contribution >= 4 is 11.9 Å². The number of allylic oxidation sites excluding steroid dienone is 30. The Balaban J connectivity index is 3.57. The van der Waals surface area contributed by atoms with Gasteiger partial charge >= 0.3 is 11.9 Å². The lowest BCUT2D eigenvalue weighted by Crippen LogP contribution is -2.28. The van der Waals surface area contributed by atoms with E-state index in [1.165, 1.54) is 96.3 Å². The zero-order chi connectivity index (χ0) is 59.1. The molecule has 1 unspecified atom stereocenters. The van der Waals surface area contributed by atoms with Crippen LogP contribution in [0.5, 0.6) is 0 Å². The number of unbranched alkanes of at least 4 members (excludes halogenated alkanes) is 21. The highest BCUT2D eigenvalue weighted by atomic mass is 16.6. The molecule has 0 rings (SSSR count). The van der Waals surface area contributed by atoms with Crippen LogP contribution in [0.3, 0.4) is 0 Å². The minimum absolute atomic E-state index is 0.0859. The highest BCUT2D eigenvalue weighted by Gasteiger charge is 2.16. The molecule has 0 aromatic carbocycles. The van der Waals surface area contributed by atoms with E-state index in [9.17, 15) is 14.7 Å².